The van der Waals surface area contributed by atoms with Crippen molar-refractivity contribution in [3.63, 3.8) is 0 Å². The van der Waals surface area contributed by atoms with E-state index < -0.39 is 0 Å². The molecule has 0 aromatic heterocycles. The highest BCUT2D eigenvalue weighted by atomic mass is 16.5. The van der Waals surface area contributed by atoms with Gasteiger partial charge >= 0.3 is 0 Å². The molecular formula is C42H55NO3. The summed E-state index contributed by atoms with van der Waals surface area (Å²) in [6.45, 7) is 12.1. The Hall–Kier alpha value is -2.43. The van der Waals surface area contributed by atoms with Gasteiger partial charge in [-0.25, -0.2) is 0 Å². The van der Waals surface area contributed by atoms with E-state index in [0.717, 1.165) is 68.0 Å². The molecule has 246 valence electrons. The van der Waals surface area contributed by atoms with E-state index in [1.807, 2.05) is 30.3 Å². The number of allylic oxidation sites excluding steroid dienone is 2. The molecule has 0 N–H and O–H groups in total. The van der Waals surface area contributed by atoms with Gasteiger partial charge in [0.1, 0.15) is 11.5 Å². The van der Waals surface area contributed by atoms with Crippen molar-refractivity contribution in [2.45, 2.75) is 110 Å². The molecule has 0 amide bonds. The third kappa shape index (κ3) is 4.71. The van der Waals surface area contributed by atoms with E-state index >= 15 is 0 Å². The molecule has 3 unspecified atom stereocenters. The molecule has 5 aliphatic carbocycles. The molecule has 2 spiro atoms. The van der Waals surface area contributed by atoms with Crippen LogP contribution in [0.4, 0.5) is 0 Å². The van der Waals surface area contributed by atoms with Crippen molar-refractivity contribution in [2.75, 3.05) is 13.6 Å². The van der Waals surface area contributed by atoms with Gasteiger partial charge in [-0.05, 0) is 141 Å². The summed E-state index contributed by atoms with van der Waals surface area (Å²) in [5.74, 6) is 5.82. The molecule has 8 rings (SSSR count). The van der Waals surface area contributed by atoms with E-state index in [-0.39, 0.29) is 11.0 Å². The van der Waals surface area contributed by atoms with Crippen LogP contribution in [-0.2, 0) is 16.1 Å². The first-order chi connectivity index (χ1) is 22.1. The summed E-state index contributed by atoms with van der Waals surface area (Å²) in [7, 11) is 2.25. The largest absolute Gasteiger partial charge is 0.457 e. The quantitative estimate of drug-likeness (QED) is 0.294. The van der Waals surface area contributed by atoms with Crippen LogP contribution < -0.4 is 4.74 Å². The van der Waals surface area contributed by atoms with Crippen molar-refractivity contribution in [1.29, 1.82) is 0 Å². The number of fused-ring (bicyclic) bond motifs is 5. The minimum absolute atomic E-state index is 0.0545. The van der Waals surface area contributed by atoms with Gasteiger partial charge in [0, 0.05) is 24.9 Å². The van der Waals surface area contributed by atoms with Crippen molar-refractivity contribution in [1.82, 2.24) is 4.90 Å². The number of hydrogen-bond donors (Lipinski definition) is 0. The lowest BCUT2D eigenvalue weighted by Crippen LogP contribution is -2.50. The number of para-hydroxylation sites is 1. The van der Waals surface area contributed by atoms with E-state index in [0.29, 0.717) is 34.6 Å². The molecule has 0 bridgehead atoms. The van der Waals surface area contributed by atoms with Crippen LogP contribution >= 0.6 is 0 Å². The van der Waals surface area contributed by atoms with Crippen molar-refractivity contribution >= 4 is 5.78 Å². The molecule has 4 nitrogen and oxygen atoms in total. The normalized spacial score (nSPS) is 41.4. The van der Waals surface area contributed by atoms with Crippen molar-refractivity contribution in [3.8, 4) is 11.5 Å². The number of hydrogen-bond acceptors (Lipinski definition) is 4. The third-order valence-corrected chi connectivity index (χ3v) is 14.7. The Bertz CT molecular complexity index is 1500. The number of ether oxygens (including phenoxy) is 2. The van der Waals surface area contributed by atoms with Gasteiger partial charge in [0.15, 0.2) is 5.78 Å². The molecule has 5 fully saturated rings. The number of ketones is 1. The summed E-state index contributed by atoms with van der Waals surface area (Å²) >= 11 is 0. The topological polar surface area (TPSA) is 38.8 Å². The first kappa shape index (κ1) is 30.9. The SMILES string of the molecule is C[C@@H](C[C@@H]1C[C@@H](C)[C@@]2(CCC3[C@@H]4CCC5=CC(=O)CC[C@]5(C)[C@H]4CC34CC42C)O1)CN(C)Cc1ccc(Oc2ccccc2)cc1. The summed E-state index contributed by atoms with van der Waals surface area (Å²) in [5, 5.41) is 0. The molecule has 2 aromatic rings. The Morgan fingerprint density at radius 2 is 1.74 bits per heavy atom. The van der Waals surface area contributed by atoms with Crippen molar-refractivity contribution in [2.24, 2.45) is 45.8 Å². The highest BCUT2D eigenvalue weighted by molar-refractivity contribution is 5.91. The lowest BCUT2D eigenvalue weighted by Gasteiger charge is -2.50. The minimum Gasteiger partial charge on any atom is -0.457 e. The van der Waals surface area contributed by atoms with Crippen LogP contribution in [0.25, 0.3) is 0 Å². The molecule has 46 heavy (non-hydrogen) atoms. The number of rotatable bonds is 8. The van der Waals surface area contributed by atoms with Crippen molar-refractivity contribution in [3.05, 3.63) is 71.8 Å². The second-order valence-corrected chi connectivity index (χ2v) is 17.2. The first-order valence-corrected chi connectivity index (χ1v) is 18.5. The zero-order chi connectivity index (χ0) is 31.9. The second-order valence-electron chi connectivity index (χ2n) is 17.2. The first-order valence-electron chi connectivity index (χ1n) is 18.5. The molecular weight excluding hydrogens is 566 g/mol. The van der Waals surface area contributed by atoms with Gasteiger partial charge in [-0.2, -0.15) is 0 Å². The van der Waals surface area contributed by atoms with E-state index in [4.69, 9.17) is 9.47 Å². The highest BCUT2D eigenvalue weighted by Crippen LogP contribution is 2.87. The Labute approximate surface area is 277 Å². The van der Waals surface area contributed by atoms with Gasteiger partial charge in [-0.3, -0.25) is 4.79 Å². The average Bonchev–Trinajstić information content (AvgIpc) is 3.34. The zero-order valence-electron chi connectivity index (χ0n) is 28.9. The van der Waals surface area contributed by atoms with Crippen molar-refractivity contribution < 1.29 is 14.3 Å². The molecule has 4 saturated carbocycles. The maximum Gasteiger partial charge on any atom is 0.155 e. The molecule has 2 aromatic carbocycles. The number of benzene rings is 2. The second kappa shape index (κ2) is 11.1. The Morgan fingerprint density at radius 1 is 0.978 bits per heavy atom. The number of carbonyl (C=O) groups is 1. The molecule has 1 saturated heterocycles. The van der Waals surface area contributed by atoms with Gasteiger partial charge in [0.25, 0.3) is 0 Å². The van der Waals surface area contributed by atoms with Crippen LogP contribution in [0.1, 0.15) is 97.5 Å². The van der Waals surface area contributed by atoms with Gasteiger partial charge in [0.05, 0.1) is 11.7 Å². The predicted molar refractivity (Wildman–Crippen MR) is 184 cm³/mol. The van der Waals surface area contributed by atoms with E-state index in [1.54, 1.807) is 0 Å². The summed E-state index contributed by atoms with van der Waals surface area (Å²) < 4.78 is 13.4. The maximum atomic E-state index is 12.3. The fourth-order valence-corrected chi connectivity index (χ4v) is 12.6. The molecule has 6 aliphatic rings. The average molecular weight is 622 g/mol. The standard InChI is InChI=1S/C42H55NO3/c1-28(25-43(5)26-30-11-14-34(15-12-30)45-33-9-7-6-8-10-33)21-35-22-29(2)42(46-35)20-18-37-36-16-13-31-23-32(44)17-19-39(31,3)38(36)24-41(37)27-40(41,42)4/h6-12,14-15,23,28-29,35-38H,13,16-22,24-27H2,1-5H3/t28-,29+,35+,36-,37?,38-,39-,40?,41?,42+/m0/s1. The summed E-state index contributed by atoms with van der Waals surface area (Å²) in [4.78, 5) is 14.8. The Kier molecular flexibility index (Phi) is 7.42. The number of nitrogens with zero attached hydrogens (tertiary/aromatic N) is 1. The molecule has 0 radical (unpaired) electrons. The zero-order valence-corrected chi connectivity index (χ0v) is 28.9. The smallest absolute Gasteiger partial charge is 0.155 e. The Morgan fingerprint density at radius 3 is 2.52 bits per heavy atom. The lowest BCUT2D eigenvalue weighted by molar-refractivity contribution is -0.146. The third-order valence-electron chi connectivity index (χ3n) is 14.7. The summed E-state index contributed by atoms with van der Waals surface area (Å²) in [5.41, 5.74) is 3.91. The van der Waals surface area contributed by atoms with Gasteiger partial charge in [-0.1, -0.05) is 63.6 Å². The van der Waals surface area contributed by atoms with E-state index in [1.165, 1.54) is 49.7 Å². The fourth-order valence-electron chi connectivity index (χ4n) is 12.6. The van der Waals surface area contributed by atoms with Crippen LogP contribution in [0.2, 0.25) is 0 Å². The fraction of sp³-hybridized carbons (Fsp3) is 0.643. The molecule has 1 heterocycles. The maximum absolute atomic E-state index is 12.3. The van der Waals surface area contributed by atoms with Gasteiger partial charge < -0.3 is 14.4 Å². The Balaban J connectivity index is 0.888. The van der Waals surface area contributed by atoms with Crippen LogP contribution in [0.3, 0.4) is 0 Å². The lowest BCUT2D eigenvalue weighted by atomic mass is 9.56. The molecule has 10 atom stereocenters. The van der Waals surface area contributed by atoms with E-state index in [2.05, 4.69) is 70.0 Å². The minimum atomic E-state index is 0.0545. The van der Waals surface area contributed by atoms with Crippen LogP contribution in [-0.4, -0.2) is 36.0 Å². The van der Waals surface area contributed by atoms with Gasteiger partial charge in [-0.15, -0.1) is 0 Å². The summed E-state index contributed by atoms with van der Waals surface area (Å²) in [6, 6.07) is 18.5. The van der Waals surface area contributed by atoms with Crippen LogP contribution in [0.15, 0.2) is 66.2 Å². The van der Waals surface area contributed by atoms with Gasteiger partial charge in [0.2, 0.25) is 0 Å². The van der Waals surface area contributed by atoms with Crippen LogP contribution in [0.5, 0.6) is 11.5 Å². The molecule has 4 heteroatoms. The predicted octanol–water partition coefficient (Wildman–Crippen LogP) is 9.63. The summed E-state index contributed by atoms with van der Waals surface area (Å²) in [6.07, 6.45) is 14.5. The number of carbonyl (C=O) groups excluding carboxylic acids is 1. The highest BCUT2D eigenvalue weighted by Gasteiger charge is 2.83. The van der Waals surface area contributed by atoms with Crippen LogP contribution in [0, 0.1) is 45.8 Å². The van der Waals surface area contributed by atoms with E-state index in [9.17, 15) is 4.79 Å². The molecule has 1 aliphatic heterocycles. The monoisotopic (exact) mass is 621 g/mol.